The van der Waals surface area contributed by atoms with E-state index in [0.717, 1.165) is 29.0 Å². The van der Waals surface area contributed by atoms with Crippen LogP contribution in [0.3, 0.4) is 0 Å². The lowest BCUT2D eigenvalue weighted by Gasteiger charge is -2.30. The first-order chi connectivity index (χ1) is 10.0. The Morgan fingerprint density at radius 2 is 2.10 bits per heavy atom. The van der Waals surface area contributed by atoms with Gasteiger partial charge in [-0.15, -0.1) is 11.3 Å². The Labute approximate surface area is 136 Å². The second kappa shape index (κ2) is 5.72. The predicted molar refractivity (Wildman–Crippen MR) is 89.2 cm³/mol. The van der Waals surface area contributed by atoms with E-state index in [4.69, 9.17) is 5.73 Å². The summed E-state index contributed by atoms with van der Waals surface area (Å²) in [5.41, 5.74) is 7.48. The number of aryl methyl sites for hydroxylation is 1. The topological polar surface area (TPSA) is 63.4 Å². The summed E-state index contributed by atoms with van der Waals surface area (Å²) in [6, 6.07) is 9.35. The van der Waals surface area contributed by atoms with E-state index in [1.165, 1.54) is 15.6 Å². The molecular formula is C14H15BrN2O2S2. The third-order valence-electron chi connectivity index (χ3n) is 3.54. The van der Waals surface area contributed by atoms with E-state index in [0.29, 0.717) is 21.8 Å². The summed E-state index contributed by atoms with van der Waals surface area (Å²) in [6.45, 7) is 0.856. The maximum absolute atomic E-state index is 13.0. The van der Waals surface area contributed by atoms with Gasteiger partial charge < -0.3 is 5.73 Å². The van der Waals surface area contributed by atoms with Crippen LogP contribution >= 0.6 is 27.3 Å². The molecule has 1 aliphatic rings. The average Bonchev–Trinajstić information content (AvgIpc) is 2.88. The Balaban J connectivity index is 2.09. The minimum absolute atomic E-state index is 0.310. The van der Waals surface area contributed by atoms with E-state index in [1.54, 1.807) is 6.07 Å². The number of rotatable bonds is 3. The molecule has 1 aromatic heterocycles. The van der Waals surface area contributed by atoms with Crippen LogP contribution in [0.2, 0.25) is 0 Å². The maximum Gasteiger partial charge on any atom is 0.266 e. The molecule has 0 saturated carbocycles. The van der Waals surface area contributed by atoms with Crippen LogP contribution < -0.4 is 10.0 Å². The molecule has 0 radical (unpaired) electrons. The van der Waals surface area contributed by atoms with Crippen LogP contribution in [0.1, 0.15) is 16.9 Å². The third-order valence-corrected chi connectivity index (χ3v) is 7.63. The highest BCUT2D eigenvalue weighted by atomic mass is 79.9. The molecular weight excluding hydrogens is 372 g/mol. The molecule has 0 unspecified atom stereocenters. The van der Waals surface area contributed by atoms with Crippen molar-refractivity contribution in [1.29, 1.82) is 0 Å². The molecule has 0 atom stereocenters. The van der Waals surface area contributed by atoms with Crippen LogP contribution in [-0.2, 0) is 23.0 Å². The van der Waals surface area contributed by atoms with Gasteiger partial charge in [0.15, 0.2) is 0 Å². The average molecular weight is 387 g/mol. The lowest BCUT2D eigenvalue weighted by atomic mass is 10.0. The van der Waals surface area contributed by atoms with Crippen LogP contribution in [0.5, 0.6) is 0 Å². The summed E-state index contributed by atoms with van der Waals surface area (Å²) in [6.07, 6.45) is 1.75. The summed E-state index contributed by atoms with van der Waals surface area (Å²) in [5, 5.41) is 0. The highest BCUT2D eigenvalue weighted by molar-refractivity contribution is 9.11. The Morgan fingerprint density at radius 3 is 2.81 bits per heavy atom. The van der Waals surface area contributed by atoms with Crippen LogP contribution in [0, 0.1) is 0 Å². The molecule has 0 aliphatic carbocycles. The van der Waals surface area contributed by atoms with Crippen molar-refractivity contribution < 1.29 is 8.42 Å². The normalized spacial score (nSPS) is 15.0. The van der Waals surface area contributed by atoms with Crippen molar-refractivity contribution in [2.45, 2.75) is 24.3 Å². The van der Waals surface area contributed by atoms with Gasteiger partial charge in [-0.3, -0.25) is 4.31 Å². The van der Waals surface area contributed by atoms with Gasteiger partial charge in [-0.2, -0.15) is 0 Å². The zero-order valence-electron chi connectivity index (χ0n) is 11.3. The van der Waals surface area contributed by atoms with E-state index in [2.05, 4.69) is 15.9 Å². The second-order valence-electron chi connectivity index (χ2n) is 4.86. The zero-order chi connectivity index (χ0) is 15.0. The molecule has 0 spiro atoms. The van der Waals surface area contributed by atoms with Crippen molar-refractivity contribution in [1.82, 2.24) is 0 Å². The van der Waals surface area contributed by atoms with Gasteiger partial charge in [0.2, 0.25) is 0 Å². The van der Waals surface area contributed by atoms with Crippen LogP contribution in [0.4, 0.5) is 5.69 Å². The molecule has 1 aliphatic heterocycles. The largest absolute Gasteiger partial charge is 0.326 e. The summed E-state index contributed by atoms with van der Waals surface area (Å²) >= 11 is 4.73. The summed E-state index contributed by atoms with van der Waals surface area (Å²) in [4.78, 5) is 1.16. The number of halogens is 1. The van der Waals surface area contributed by atoms with Gasteiger partial charge >= 0.3 is 0 Å². The summed E-state index contributed by atoms with van der Waals surface area (Å²) < 4.78 is 28.1. The van der Waals surface area contributed by atoms with Crippen molar-refractivity contribution in [3.8, 4) is 0 Å². The van der Waals surface area contributed by atoms with Gasteiger partial charge in [0.25, 0.3) is 10.0 Å². The number of nitrogens with two attached hydrogens (primary N) is 1. The molecule has 7 heteroatoms. The first kappa shape index (κ1) is 15.0. The van der Waals surface area contributed by atoms with E-state index < -0.39 is 10.0 Å². The fraction of sp³-hybridized carbons (Fsp3) is 0.286. The quantitative estimate of drug-likeness (QED) is 0.880. The number of benzene rings is 1. The molecule has 4 nitrogen and oxygen atoms in total. The van der Waals surface area contributed by atoms with Gasteiger partial charge in [-0.25, -0.2) is 8.42 Å². The first-order valence-electron chi connectivity index (χ1n) is 6.63. The number of para-hydroxylation sites is 1. The molecule has 3 rings (SSSR count). The monoisotopic (exact) mass is 386 g/mol. The summed E-state index contributed by atoms with van der Waals surface area (Å²) in [7, 11) is -3.55. The predicted octanol–water partition coefficient (Wildman–Crippen LogP) is 3.11. The molecule has 21 heavy (non-hydrogen) atoms. The lowest BCUT2D eigenvalue weighted by Crippen LogP contribution is -2.35. The smallest absolute Gasteiger partial charge is 0.266 e. The van der Waals surface area contributed by atoms with E-state index in [1.807, 2.05) is 24.3 Å². The fourth-order valence-electron chi connectivity index (χ4n) is 2.54. The minimum Gasteiger partial charge on any atom is -0.326 e. The number of thiophene rings is 1. The molecule has 0 amide bonds. The second-order valence-corrected chi connectivity index (χ2v) is 9.15. The highest BCUT2D eigenvalue weighted by Crippen LogP contribution is 2.37. The molecule has 0 saturated heterocycles. The van der Waals surface area contributed by atoms with Crippen molar-refractivity contribution in [3.05, 3.63) is 44.6 Å². The number of fused-ring (bicyclic) bond motifs is 1. The Kier molecular flexibility index (Phi) is 4.09. The van der Waals surface area contributed by atoms with Gasteiger partial charge in [0.1, 0.15) is 4.90 Å². The van der Waals surface area contributed by atoms with E-state index in [-0.39, 0.29) is 0 Å². The van der Waals surface area contributed by atoms with Crippen LogP contribution in [-0.4, -0.2) is 15.0 Å². The van der Waals surface area contributed by atoms with Gasteiger partial charge in [-0.1, -0.05) is 18.2 Å². The minimum atomic E-state index is -3.55. The van der Waals surface area contributed by atoms with Gasteiger partial charge in [0, 0.05) is 18.0 Å². The molecule has 0 fully saturated rings. The number of hydrogen-bond acceptors (Lipinski definition) is 4. The highest BCUT2D eigenvalue weighted by Gasteiger charge is 2.31. The number of hydrogen-bond donors (Lipinski definition) is 1. The van der Waals surface area contributed by atoms with Crippen LogP contribution in [0.25, 0.3) is 0 Å². The molecule has 0 bridgehead atoms. The maximum atomic E-state index is 13.0. The Morgan fingerprint density at radius 1 is 1.33 bits per heavy atom. The Bertz CT molecular complexity index is 771. The lowest BCUT2D eigenvalue weighted by molar-refractivity contribution is 0.586. The van der Waals surface area contributed by atoms with Crippen molar-refractivity contribution in [3.63, 3.8) is 0 Å². The molecule has 2 aromatic rings. The molecule has 2 heterocycles. The van der Waals surface area contributed by atoms with Crippen molar-refractivity contribution in [2.24, 2.45) is 5.73 Å². The molecule has 1 aromatic carbocycles. The zero-order valence-corrected chi connectivity index (χ0v) is 14.5. The standard InChI is InChI=1S/C14H15BrN2O2S2/c15-14-13(8-11(9-16)20-14)21(18,19)17-7-3-5-10-4-1-2-6-12(10)17/h1-2,4,6,8H,3,5,7,9,16H2. The van der Waals surface area contributed by atoms with Crippen LogP contribution in [0.15, 0.2) is 39.0 Å². The molecule has 112 valence electrons. The van der Waals surface area contributed by atoms with E-state index in [9.17, 15) is 8.42 Å². The number of sulfonamides is 1. The first-order valence-corrected chi connectivity index (χ1v) is 9.68. The summed E-state index contributed by atoms with van der Waals surface area (Å²) in [5.74, 6) is 0. The van der Waals surface area contributed by atoms with Crippen molar-refractivity contribution >= 4 is 43.0 Å². The molecule has 2 N–H and O–H groups in total. The SMILES string of the molecule is NCc1cc(S(=O)(=O)N2CCCc3ccccc32)c(Br)s1. The van der Waals surface area contributed by atoms with Gasteiger partial charge in [-0.05, 0) is 46.5 Å². The van der Waals surface area contributed by atoms with Crippen molar-refractivity contribution in [2.75, 3.05) is 10.8 Å². The number of nitrogens with zero attached hydrogens (tertiary/aromatic N) is 1. The Hall–Kier alpha value is -0.890. The number of anilines is 1. The van der Waals surface area contributed by atoms with E-state index >= 15 is 0 Å². The fourth-order valence-corrected chi connectivity index (χ4v) is 6.60. The van der Waals surface area contributed by atoms with Gasteiger partial charge in [0.05, 0.1) is 9.47 Å². The third kappa shape index (κ3) is 2.63.